The van der Waals surface area contributed by atoms with Gasteiger partial charge in [0.05, 0.1) is 0 Å². The summed E-state index contributed by atoms with van der Waals surface area (Å²) in [6.07, 6.45) is 4.50. The van der Waals surface area contributed by atoms with E-state index in [0.29, 0.717) is 6.79 Å². The molecular formula is C9H20NO2. The molecule has 0 amide bonds. The van der Waals surface area contributed by atoms with Crippen LogP contribution in [0.4, 0.5) is 0 Å². The van der Waals surface area contributed by atoms with E-state index in [1.165, 1.54) is 0 Å². The van der Waals surface area contributed by atoms with Crippen LogP contribution in [0.3, 0.4) is 0 Å². The Morgan fingerprint density at radius 3 is 2.50 bits per heavy atom. The van der Waals surface area contributed by atoms with Crippen LogP contribution in [-0.2, 0) is 9.57 Å². The summed E-state index contributed by atoms with van der Waals surface area (Å²) in [7, 11) is 0. The summed E-state index contributed by atoms with van der Waals surface area (Å²) in [5.41, 5.74) is 3.83. The van der Waals surface area contributed by atoms with Gasteiger partial charge in [-0.1, -0.05) is 32.2 Å². The van der Waals surface area contributed by atoms with Gasteiger partial charge in [-0.05, 0) is 12.8 Å². The van der Waals surface area contributed by atoms with Crippen molar-refractivity contribution in [3.63, 3.8) is 0 Å². The van der Waals surface area contributed by atoms with Gasteiger partial charge >= 0.3 is 0 Å². The van der Waals surface area contributed by atoms with Gasteiger partial charge in [0, 0.05) is 13.2 Å². The second kappa shape index (κ2) is 10.9. The molecule has 0 bridgehead atoms. The van der Waals surface area contributed by atoms with Gasteiger partial charge in [-0.15, -0.1) is 0 Å². The van der Waals surface area contributed by atoms with Crippen LogP contribution >= 0.6 is 0 Å². The number of hydrogen-bond acceptors (Lipinski definition) is 2. The van der Waals surface area contributed by atoms with Crippen LogP contribution in [-0.4, -0.2) is 19.9 Å². The van der Waals surface area contributed by atoms with Crippen LogP contribution in [0.25, 0.3) is 0 Å². The normalized spacial score (nSPS) is 10.5. The molecule has 12 heavy (non-hydrogen) atoms. The Morgan fingerprint density at radius 1 is 1.08 bits per heavy atom. The predicted octanol–water partition coefficient (Wildman–Crippen LogP) is 2.10. The molecule has 0 aromatic heterocycles. The summed E-state index contributed by atoms with van der Waals surface area (Å²) < 4.78 is 5.14. The van der Waals surface area contributed by atoms with Crippen molar-refractivity contribution in [2.75, 3.05) is 19.9 Å². The van der Waals surface area contributed by atoms with Crippen LogP contribution in [0.1, 0.15) is 39.5 Å². The van der Waals surface area contributed by atoms with Crippen LogP contribution in [0, 0.1) is 0 Å². The standard InChI is InChI=1S/C9H20NO2/c1-3-5-7-10-12-9-11-8-6-4-2/h3-9H2,1-2H3. The fraction of sp³-hybridized carbons (Fsp3) is 1.00. The number of unbranched alkanes of at least 4 members (excludes halogenated alkanes) is 2. The molecule has 1 radical (unpaired) electrons. The van der Waals surface area contributed by atoms with E-state index in [1.54, 1.807) is 0 Å². The Kier molecular flexibility index (Phi) is 10.8. The fourth-order valence-corrected chi connectivity index (χ4v) is 0.667. The Morgan fingerprint density at radius 2 is 1.83 bits per heavy atom. The average molecular weight is 174 g/mol. The Labute approximate surface area is 75.4 Å². The van der Waals surface area contributed by atoms with Gasteiger partial charge in [0.25, 0.3) is 0 Å². The first-order chi connectivity index (χ1) is 5.91. The maximum Gasteiger partial charge on any atom is 0.168 e. The highest BCUT2D eigenvalue weighted by molar-refractivity contribution is 4.32. The highest BCUT2D eigenvalue weighted by atomic mass is 16.7. The van der Waals surface area contributed by atoms with E-state index in [1.807, 2.05) is 0 Å². The van der Waals surface area contributed by atoms with Crippen molar-refractivity contribution in [3.05, 3.63) is 0 Å². The zero-order valence-electron chi connectivity index (χ0n) is 8.21. The molecule has 0 saturated carbocycles. The Balaban J connectivity index is 2.73. The summed E-state index contributed by atoms with van der Waals surface area (Å²) in [4.78, 5) is 4.89. The van der Waals surface area contributed by atoms with Crippen molar-refractivity contribution in [1.82, 2.24) is 5.48 Å². The number of rotatable bonds is 9. The molecule has 0 rings (SSSR count). The molecule has 0 N–H and O–H groups in total. The summed E-state index contributed by atoms with van der Waals surface area (Å²) in [6, 6.07) is 0. The maximum atomic E-state index is 5.14. The van der Waals surface area contributed by atoms with Crippen molar-refractivity contribution < 1.29 is 9.57 Å². The molecule has 3 nitrogen and oxygen atoms in total. The molecule has 0 saturated heterocycles. The first kappa shape index (κ1) is 11.9. The third kappa shape index (κ3) is 9.88. The maximum absolute atomic E-state index is 5.14. The lowest BCUT2D eigenvalue weighted by atomic mass is 10.3. The number of hydrogen-bond donors (Lipinski definition) is 0. The van der Waals surface area contributed by atoms with E-state index in [4.69, 9.17) is 9.57 Å². The number of hydroxylamine groups is 1. The van der Waals surface area contributed by atoms with Crippen molar-refractivity contribution in [2.45, 2.75) is 39.5 Å². The van der Waals surface area contributed by atoms with Crippen LogP contribution in [0.2, 0.25) is 0 Å². The van der Waals surface area contributed by atoms with Gasteiger partial charge in [0.2, 0.25) is 0 Å². The van der Waals surface area contributed by atoms with Crippen LogP contribution < -0.4 is 5.48 Å². The van der Waals surface area contributed by atoms with E-state index < -0.39 is 0 Å². The zero-order valence-corrected chi connectivity index (χ0v) is 8.21. The van der Waals surface area contributed by atoms with Gasteiger partial charge in [-0.3, -0.25) is 4.84 Å². The van der Waals surface area contributed by atoms with Crippen molar-refractivity contribution >= 4 is 0 Å². The van der Waals surface area contributed by atoms with Gasteiger partial charge < -0.3 is 4.74 Å². The molecule has 0 heterocycles. The summed E-state index contributed by atoms with van der Waals surface area (Å²) in [5.74, 6) is 0. The fourth-order valence-electron chi connectivity index (χ4n) is 0.667. The third-order valence-electron chi connectivity index (χ3n) is 1.47. The van der Waals surface area contributed by atoms with E-state index in [0.717, 1.165) is 38.8 Å². The first-order valence-corrected chi connectivity index (χ1v) is 4.78. The van der Waals surface area contributed by atoms with Gasteiger partial charge in [-0.2, -0.15) is 0 Å². The third-order valence-corrected chi connectivity index (χ3v) is 1.47. The van der Waals surface area contributed by atoms with Crippen molar-refractivity contribution in [2.24, 2.45) is 0 Å². The summed E-state index contributed by atoms with van der Waals surface area (Å²) in [5, 5.41) is 0. The molecule has 0 aliphatic carbocycles. The second-order valence-corrected chi connectivity index (χ2v) is 2.72. The number of nitrogens with zero attached hydrogens (tertiary/aromatic N) is 1. The minimum absolute atomic E-state index is 0.309. The van der Waals surface area contributed by atoms with E-state index in [-0.39, 0.29) is 0 Å². The monoisotopic (exact) mass is 174 g/mol. The molecule has 0 aromatic rings. The molecule has 3 heteroatoms. The highest BCUT2D eigenvalue weighted by Gasteiger charge is 1.89. The minimum Gasteiger partial charge on any atom is -0.353 e. The quantitative estimate of drug-likeness (QED) is 0.304. The summed E-state index contributed by atoms with van der Waals surface area (Å²) in [6.45, 7) is 6.14. The topological polar surface area (TPSA) is 32.6 Å². The first-order valence-electron chi connectivity index (χ1n) is 4.78. The molecule has 0 atom stereocenters. The molecule has 0 spiro atoms. The van der Waals surface area contributed by atoms with E-state index >= 15 is 0 Å². The zero-order chi connectivity index (χ0) is 9.07. The second-order valence-electron chi connectivity index (χ2n) is 2.72. The Bertz CT molecular complexity index is 68.9. The van der Waals surface area contributed by atoms with Crippen LogP contribution in [0.15, 0.2) is 0 Å². The van der Waals surface area contributed by atoms with E-state index in [9.17, 15) is 0 Å². The average Bonchev–Trinajstić information content (AvgIpc) is 2.10. The lowest BCUT2D eigenvalue weighted by Gasteiger charge is -2.02. The Hall–Kier alpha value is -0.120. The molecular weight excluding hydrogens is 154 g/mol. The highest BCUT2D eigenvalue weighted by Crippen LogP contribution is 1.88. The molecule has 73 valence electrons. The molecule has 0 aromatic carbocycles. The predicted molar refractivity (Wildman–Crippen MR) is 48.7 cm³/mol. The van der Waals surface area contributed by atoms with E-state index in [2.05, 4.69) is 19.3 Å². The lowest BCUT2D eigenvalue weighted by molar-refractivity contribution is -0.104. The molecule has 0 unspecified atom stereocenters. The minimum atomic E-state index is 0.309. The van der Waals surface area contributed by atoms with Gasteiger partial charge in [0.15, 0.2) is 6.79 Å². The SMILES string of the molecule is CCCC[N]OCOCCCC. The molecule has 0 aliphatic heterocycles. The number of ether oxygens (including phenoxy) is 1. The van der Waals surface area contributed by atoms with Crippen molar-refractivity contribution in [3.8, 4) is 0 Å². The molecule has 0 fully saturated rings. The van der Waals surface area contributed by atoms with Crippen LogP contribution in [0.5, 0.6) is 0 Å². The molecule has 0 aliphatic rings. The smallest absolute Gasteiger partial charge is 0.168 e. The lowest BCUT2D eigenvalue weighted by Crippen LogP contribution is -2.11. The van der Waals surface area contributed by atoms with Crippen molar-refractivity contribution in [1.29, 1.82) is 0 Å². The largest absolute Gasteiger partial charge is 0.353 e. The van der Waals surface area contributed by atoms with Gasteiger partial charge in [0.1, 0.15) is 0 Å². The summed E-state index contributed by atoms with van der Waals surface area (Å²) >= 11 is 0. The van der Waals surface area contributed by atoms with Gasteiger partial charge in [-0.25, -0.2) is 0 Å².